The third-order valence-corrected chi connectivity index (χ3v) is 12.2. The number of phenolic OH excluding ortho intramolecular Hbond substituents is 3. The Bertz CT molecular complexity index is 4070. The summed E-state index contributed by atoms with van der Waals surface area (Å²) in [6.45, 7) is 18.0. The molecular weight excluding hydrogens is 1160 g/mol. The molecule has 12 heteroatoms. The van der Waals surface area contributed by atoms with Gasteiger partial charge in [0.1, 0.15) is 50.9 Å². The molecular formula is C81H69N3O9. The van der Waals surface area contributed by atoms with Gasteiger partial charge in [-0.1, -0.05) is 161 Å². The second-order valence-corrected chi connectivity index (χ2v) is 24.5. The highest BCUT2D eigenvalue weighted by Crippen LogP contribution is 2.42. The number of aliphatic imine (C=N–C) groups is 3. The molecule has 0 aliphatic heterocycles. The van der Waals surface area contributed by atoms with Gasteiger partial charge < -0.3 is 46.0 Å². The van der Waals surface area contributed by atoms with Gasteiger partial charge in [-0.15, -0.1) is 0 Å². The summed E-state index contributed by atoms with van der Waals surface area (Å²) < 4.78 is 0. The Kier molecular flexibility index (Phi) is 21.7. The summed E-state index contributed by atoms with van der Waals surface area (Å²) in [6.07, 6.45) is 3.32. The van der Waals surface area contributed by atoms with Crippen LogP contribution < -0.4 is 0 Å². The van der Waals surface area contributed by atoms with Gasteiger partial charge in [0.15, 0.2) is 0 Å². The van der Waals surface area contributed by atoms with Crippen molar-refractivity contribution in [2.24, 2.45) is 15.0 Å². The van der Waals surface area contributed by atoms with Gasteiger partial charge in [0.25, 0.3) is 0 Å². The van der Waals surface area contributed by atoms with Crippen LogP contribution in [0.3, 0.4) is 0 Å². The van der Waals surface area contributed by atoms with E-state index in [0.29, 0.717) is 33.4 Å². The van der Waals surface area contributed by atoms with Gasteiger partial charge in [0.2, 0.25) is 0 Å². The summed E-state index contributed by atoms with van der Waals surface area (Å²) in [5, 5.41) is 103. The lowest BCUT2D eigenvalue weighted by Crippen LogP contribution is -2.14. The van der Waals surface area contributed by atoms with Crippen LogP contribution in [0.1, 0.15) is 167 Å². The molecule has 0 fully saturated rings. The van der Waals surface area contributed by atoms with E-state index in [1.54, 1.807) is 36.4 Å². The highest BCUT2D eigenvalue weighted by Gasteiger charge is 2.24. The third kappa shape index (κ3) is 22.0. The quantitative estimate of drug-likeness (QED) is 0.0571. The number of nitrogens with zero attached hydrogens (tertiary/aromatic N) is 3. The normalized spacial score (nSPS) is 11.4. The molecule has 462 valence electrons. The van der Waals surface area contributed by atoms with Crippen LogP contribution in [0, 0.1) is 107 Å². The summed E-state index contributed by atoms with van der Waals surface area (Å²) in [5.41, 5.74) is -5.43. The molecule has 0 spiro atoms. The number of benzene rings is 7. The molecule has 0 heterocycles. The molecule has 93 heavy (non-hydrogen) atoms. The van der Waals surface area contributed by atoms with E-state index < -0.39 is 67.5 Å². The van der Waals surface area contributed by atoms with E-state index in [-0.39, 0.29) is 50.4 Å². The van der Waals surface area contributed by atoms with Gasteiger partial charge in [-0.2, -0.15) is 0 Å². The highest BCUT2D eigenvalue weighted by atomic mass is 16.3. The fourth-order valence-corrected chi connectivity index (χ4v) is 7.95. The van der Waals surface area contributed by atoms with Crippen molar-refractivity contribution in [3.8, 4) is 124 Å². The van der Waals surface area contributed by atoms with Crippen molar-refractivity contribution in [2.75, 3.05) is 0 Å². The van der Waals surface area contributed by atoms with Crippen LogP contribution in [0.4, 0.5) is 17.1 Å². The van der Waals surface area contributed by atoms with Crippen molar-refractivity contribution in [1.29, 1.82) is 0 Å². The van der Waals surface area contributed by atoms with E-state index in [1.807, 2.05) is 91.0 Å². The Hall–Kier alpha value is -11.3. The Morgan fingerprint density at radius 1 is 0.258 bits per heavy atom. The maximum Gasteiger partial charge on any atom is 0.140 e. The SMILES string of the molecule is CC(C)(O)C#Cc1cc(C#Cc2ccccc2)cc(C#CC(C)(C)O)c1N=Cc1c(O)c(C=Nc2c(C#CC(C)(C)O)cc(C#Cc3ccccc3)cc2C#CC(C)(C)O)c(O)c(C=Nc2c(C#CC(C)(C)O)cc(C#Cc3ccccc3)cc2C#CC(C)(C)O)c1O. The lowest BCUT2D eigenvalue weighted by Gasteiger charge is -2.14. The van der Waals surface area contributed by atoms with Gasteiger partial charge >= 0.3 is 0 Å². The van der Waals surface area contributed by atoms with Crippen molar-refractivity contribution in [3.05, 3.63) is 211 Å². The molecule has 0 aromatic heterocycles. The van der Waals surface area contributed by atoms with Crippen molar-refractivity contribution < 1.29 is 46.0 Å². The first-order chi connectivity index (χ1) is 43.6. The topological polar surface area (TPSA) is 219 Å². The molecule has 0 atom stereocenters. The Morgan fingerprint density at radius 2 is 0.430 bits per heavy atom. The van der Waals surface area contributed by atoms with Crippen LogP contribution in [0.25, 0.3) is 0 Å². The Labute approximate surface area is 545 Å². The van der Waals surface area contributed by atoms with E-state index in [9.17, 15) is 46.0 Å². The third-order valence-electron chi connectivity index (χ3n) is 12.2. The molecule has 12 nitrogen and oxygen atoms in total. The molecule has 0 aliphatic rings. The minimum Gasteiger partial charge on any atom is -0.506 e. The molecule has 7 aromatic carbocycles. The van der Waals surface area contributed by atoms with Crippen LogP contribution in [0.5, 0.6) is 17.2 Å². The largest absolute Gasteiger partial charge is 0.506 e. The van der Waals surface area contributed by atoms with E-state index in [4.69, 9.17) is 15.0 Å². The number of phenols is 3. The minimum atomic E-state index is -1.51. The van der Waals surface area contributed by atoms with Gasteiger partial charge in [0.05, 0.1) is 67.1 Å². The Balaban J connectivity index is 1.60. The van der Waals surface area contributed by atoms with Gasteiger partial charge in [-0.05, 0) is 156 Å². The van der Waals surface area contributed by atoms with Crippen molar-refractivity contribution in [2.45, 2.75) is 117 Å². The first kappa shape index (κ1) is 69.2. The summed E-state index contributed by atoms with van der Waals surface area (Å²) in [7, 11) is 0. The van der Waals surface area contributed by atoms with Crippen LogP contribution in [0.15, 0.2) is 142 Å². The predicted octanol–water partition coefficient (Wildman–Crippen LogP) is 11.0. The fourth-order valence-electron chi connectivity index (χ4n) is 7.95. The second kappa shape index (κ2) is 29.1. The predicted molar refractivity (Wildman–Crippen MR) is 369 cm³/mol. The summed E-state index contributed by atoms with van der Waals surface area (Å²) in [6, 6.07) is 37.5. The molecule has 0 amide bonds. The van der Waals surface area contributed by atoms with Crippen molar-refractivity contribution in [3.63, 3.8) is 0 Å². The van der Waals surface area contributed by atoms with E-state index >= 15 is 0 Å². The van der Waals surface area contributed by atoms with E-state index in [0.717, 1.165) is 18.6 Å². The molecule has 9 N–H and O–H groups in total. The summed E-state index contributed by atoms with van der Waals surface area (Å²) in [5.74, 6) is 51.5. The van der Waals surface area contributed by atoms with Crippen LogP contribution >= 0.6 is 0 Å². The molecule has 0 radical (unpaired) electrons. The average molecular weight is 1230 g/mol. The average Bonchev–Trinajstić information content (AvgIpc) is 0.784. The zero-order chi connectivity index (χ0) is 67.9. The molecule has 0 saturated carbocycles. The van der Waals surface area contributed by atoms with E-state index in [2.05, 4.69) is 107 Å². The first-order valence-electron chi connectivity index (χ1n) is 29.3. The molecule has 0 aliphatic carbocycles. The zero-order valence-electron chi connectivity index (χ0n) is 53.7. The molecule has 7 rings (SSSR count). The maximum absolute atomic E-state index is 12.6. The zero-order valence-corrected chi connectivity index (χ0v) is 53.7. The first-order valence-corrected chi connectivity index (χ1v) is 29.3. The standard InChI is InChI=1S/C81H69N3O9/c1-76(2,88)40-34-61-46-58(31-28-55-22-16-13-17-23-55)47-62(35-41-77(3,4)89)70(61)82-52-67-73(85)68(53-83-71-63(36-42-78(5,6)90)48-59(32-29-56-24-18-14-19-25-56)49-64(71)37-43-79(7,8)91)75(87)69(74(67)86)54-84-72-65(38-44-80(9,10)92)50-60(33-30-57-26-20-15-21-27-57)51-66(72)39-45-81(11,12)93/h13-27,46-54,85-93H,1-12H3. The number of aliphatic hydroxyl groups is 6. The number of rotatable bonds is 6. The molecule has 7 aromatic rings. The number of hydrogen-bond donors (Lipinski definition) is 9. The number of hydrogen-bond acceptors (Lipinski definition) is 12. The smallest absolute Gasteiger partial charge is 0.140 e. The molecule has 0 saturated heterocycles. The van der Waals surface area contributed by atoms with Gasteiger partial charge in [-0.3, -0.25) is 15.0 Å². The van der Waals surface area contributed by atoms with Crippen LogP contribution in [-0.2, 0) is 0 Å². The van der Waals surface area contributed by atoms with Gasteiger partial charge in [0, 0.05) is 52.0 Å². The lowest BCUT2D eigenvalue weighted by molar-refractivity contribution is 0.143. The van der Waals surface area contributed by atoms with Crippen molar-refractivity contribution >= 4 is 35.7 Å². The minimum absolute atomic E-state index is 0.0621. The molecule has 0 unspecified atom stereocenters. The second-order valence-electron chi connectivity index (χ2n) is 24.5. The number of aromatic hydroxyl groups is 3. The highest BCUT2D eigenvalue weighted by molar-refractivity contribution is 6.05. The van der Waals surface area contributed by atoms with Gasteiger partial charge in [-0.25, -0.2) is 0 Å². The van der Waals surface area contributed by atoms with Crippen LogP contribution in [0.2, 0.25) is 0 Å². The van der Waals surface area contributed by atoms with E-state index in [1.165, 1.54) is 83.1 Å². The lowest BCUT2D eigenvalue weighted by atomic mass is 9.99. The molecule has 0 bridgehead atoms. The fraction of sp³-hybridized carbons (Fsp3) is 0.222. The summed E-state index contributed by atoms with van der Waals surface area (Å²) >= 11 is 0. The van der Waals surface area contributed by atoms with Crippen LogP contribution in [-0.4, -0.2) is 98.2 Å². The summed E-state index contributed by atoms with van der Waals surface area (Å²) in [4.78, 5) is 14.5. The maximum atomic E-state index is 12.6. The Morgan fingerprint density at radius 3 is 0.602 bits per heavy atom. The monoisotopic (exact) mass is 1230 g/mol. The van der Waals surface area contributed by atoms with Crippen molar-refractivity contribution in [1.82, 2.24) is 0 Å².